The molecule has 13 rings (SSSR count). The van der Waals surface area contributed by atoms with Crippen molar-refractivity contribution < 1.29 is 0 Å². The summed E-state index contributed by atoms with van der Waals surface area (Å²) >= 11 is 0. The predicted octanol–water partition coefficient (Wildman–Crippen LogP) is 15.4. The number of hydrogen-bond donors (Lipinski definition) is 0. The summed E-state index contributed by atoms with van der Waals surface area (Å²) in [7, 11) is 0. The Bertz CT molecular complexity index is 3460. The summed E-state index contributed by atoms with van der Waals surface area (Å²) in [5.74, 6) is 0. The van der Waals surface area contributed by atoms with Crippen LogP contribution in [0.1, 0.15) is 22.3 Å². The van der Waals surface area contributed by atoms with Crippen molar-refractivity contribution in [3.05, 3.63) is 253 Å². The third-order valence-corrected chi connectivity index (χ3v) is 13.4. The molecule has 1 spiro atoms. The maximum absolute atomic E-state index is 2.46. The topological polar surface area (TPSA) is 8.17 Å². The van der Waals surface area contributed by atoms with Crippen LogP contribution in [0.15, 0.2) is 231 Å². The lowest BCUT2D eigenvalue weighted by atomic mass is 9.70. The maximum atomic E-state index is 2.46. The second kappa shape index (κ2) is 13.0. The molecule has 0 unspecified atom stereocenters. The van der Waals surface area contributed by atoms with Gasteiger partial charge in [0.15, 0.2) is 0 Å². The zero-order chi connectivity index (χ0) is 40.1. The van der Waals surface area contributed by atoms with Crippen LogP contribution in [0.4, 0.5) is 17.1 Å². The Labute approximate surface area is 354 Å². The molecule has 1 aromatic heterocycles. The van der Waals surface area contributed by atoms with Crippen molar-refractivity contribution in [2.75, 3.05) is 4.90 Å². The van der Waals surface area contributed by atoms with Crippen LogP contribution in [0.2, 0.25) is 0 Å². The molecular weight excluding hydrogens is 737 g/mol. The van der Waals surface area contributed by atoms with Crippen molar-refractivity contribution in [3.8, 4) is 39.1 Å². The van der Waals surface area contributed by atoms with Crippen molar-refractivity contribution in [1.29, 1.82) is 0 Å². The molecule has 10 aromatic carbocycles. The maximum Gasteiger partial charge on any atom is 0.0726 e. The molecule has 284 valence electrons. The van der Waals surface area contributed by atoms with E-state index in [0.29, 0.717) is 0 Å². The fourth-order valence-electron chi connectivity index (χ4n) is 10.8. The van der Waals surface area contributed by atoms with E-state index in [0.717, 1.165) is 22.7 Å². The largest absolute Gasteiger partial charge is 0.310 e. The van der Waals surface area contributed by atoms with Gasteiger partial charge in [-0.3, -0.25) is 0 Å². The average Bonchev–Trinajstić information content (AvgIpc) is 3.93. The summed E-state index contributed by atoms with van der Waals surface area (Å²) < 4.78 is 2.41. The highest BCUT2D eigenvalue weighted by Gasteiger charge is 2.51. The summed E-state index contributed by atoms with van der Waals surface area (Å²) in [6.07, 6.45) is 0. The molecule has 2 aliphatic rings. The Morgan fingerprint density at radius 1 is 0.311 bits per heavy atom. The van der Waals surface area contributed by atoms with Gasteiger partial charge in [0.05, 0.1) is 16.4 Å². The summed E-state index contributed by atoms with van der Waals surface area (Å²) in [6.45, 7) is 0. The van der Waals surface area contributed by atoms with Gasteiger partial charge in [-0.15, -0.1) is 0 Å². The van der Waals surface area contributed by atoms with E-state index < -0.39 is 5.41 Å². The lowest BCUT2D eigenvalue weighted by Gasteiger charge is -2.32. The van der Waals surface area contributed by atoms with E-state index in [2.05, 4.69) is 240 Å². The molecule has 0 N–H and O–H groups in total. The van der Waals surface area contributed by atoms with E-state index >= 15 is 0 Å². The lowest BCUT2D eigenvalue weighted by molar-refractivity contribution is 0.793. The van der Waals surface area contributed by atoms with Crippen molar-refractivity contribution in [2.24, 2.45) is 0 Å². The van der Waals surface area contributed by atoms with E-state index in [4.69, 9.17) is 0 Å². The van der Waals surface area contributed by atoms with Gasteiger partial charge in [0, 0.05) is 33.5 Å². The molecule has 2 nitrogen and oxygen atoms in total. The van der Waals surface area contributed by atoms with Gasteiger partial charge >= 0.3 is 0 Å². The highest BCUT2D eigenvalue weighted by atomic mass is 15.1. The smallest absolute Gasteiger partial charge is 0.0726 e. The van der Waals surface area contributed by atoms with Crippen LogP contribution < -0.4 is 4.90 Å². The first-order valence-electron chi connectivity index (χ1n) is 21.2. The van der Waals surface area contributed by atoms with Gasteiger partial charge < -0.3 is 9.47 Å². The summed E-state index contributed by atoms with van der Waals surface area (Å²) in [5.41, 5.74) is 19.6. The summed E-state index contributed by atoms with van der Waals surface area (Å²) in [6, 6.07) is 85.2. The normalized spacial score (nSPS) is 13.0. The number of nitrogens with zero attached hydrogens (tertiary/aromatic N) is 2. The minimum atomic E-state index is -0.402. The first kappa shape index (κ1) is 34.0. The molecule has 0 bridgehead atoms. The molecule has 0 aliphatic heterocycles. The number of benzene rings is 10. The zero-order valence-corrected chi connectivity index (χ0v) is 33.3. The van der Waals surface area contributed by atoms with Gasteiger partial charge in [0.1, 0.15) is 0 Å². The molecule has 0 radical (unpaired) electrons. The molecule has 11 aromatic rings. The molecule has 61 heavy (non-hydrogen) atoms. The van der Waals surface area contributed by atoms with E-state index in [1.165, 1.54) is 88.2 Å². The zero-order valence-electron chi connectivity index (χ0n) is 33.3. The van der Waals surface area contributed by atoms with E-state index in [1.807, 2.05) is 0 Å². The highest BCUT2D eigenvalue weighted by molar-refractivity contribution is 6.13. The summed E-state index contributed by atoms with van der Waals surface area (Å²) in [4.78, 5) is 2.41. The first-order valence-corrected chi connectivity index (χ1v) is 21.2. The summed E-state index contributed by atoms with van der Waals surface area (Å²) in [5, 5.41) is 5.06. The molecule has 1 heterocycles. The van der Waals surface area contributed by atoms with Crippen molar-refractivity contribution >= 4 is 49.6 Å². The van der Waals surface area contributed by atoms with Crippen molar-refractivity contribution in [2.45, 2.75) is 5.41 Å². The predicted molar refractivity (Wildman–Crippen MR) is 255 cm³/mol. The quantitative estimate of drug-likeness (QED) is 0.169. The number of anilines is 3. The Balaban J connectivity index is 0.910. The Morgan fingerprint density at radius 2 is 0.803 bits per heavy atom. The monoisotopic (exact) mass is 774 g/mol. The highest BCUT2D eigenvalue weighted by Crippen LogP contribution is 2.63. The minimum Gasteiger partial charge on any atom is -0.310 e. The van der Waals surface area contributed by atoms with Gasteiger partial charge in [-0.2, -0.15) is 0 Å². The number of aromatic nitrogens is 1. The molecule has 0 atom stereocenters. The minimum absolute atomic E-state index is 0.402. The second-order valence-electron chi connectivity index (χ2n) is 16.5. The number of rotatable bonds is 5. The molecular formula is C59H38N2. The second-order valence-corrected chi connectivity index (χ2v) is 16.5. The molecule has 0 saturated heterocycles. The number of hydrogen-bond acceptors (Lipinski definition) is 1. The Hall–Kier alpha value is -7.94. The number of para-hydroxylation sites is 2. The Kier molecular flexibility index (Phi) is 7.26. The van der Waals surface area contributed by atoms with Crippen molar-refractivity contribution in [1.82, 2.24) is 4.57 Å². The van der Waals surface area contributed by atoms with Crippen LogP contribution in [-0.4, -0.2) is 4.57 Å². The SMILES string of the molecule is c1ccc(N(c2ccc(-c3ccc(-n4c5ccccc5c5cc6ccccc6cc54)cc3)cc2)c2ccc3c(c2)C2(c4ccccc4-c4ccccc42)c2ccccc2-3)cc1. The van der Waals surface area contributed by atoms with Crippen LogP contribution >= 0.6 is 0 Å². The van der Waals surface area contributed by atoms with Gasteiger partial charge in [-0.25, -0.2) is 0 Å². The van der Waals surface area contributed by atoms with Gasteiger partial charge in [0.25, 0.3) is 0 Å². The molecule has 2 aliphatic carbocycles. The van der Waals surface area contributed by atoms with Gasteiger partial charge in [-0.1, -0.05) is 164 Å². The molecule has 0 fully saturated rings. The molecule has 0 amide bonds. The molecule has 0 saturated carbocycles. The van der Waals surface area contributed by atoms with Gasteiger partial charge in [0.2, 0.25) is 0 Å². The third-order valence-electron chi connectivity index (χ3n) is 13.4. The van der Waals surface area contributed by atoms with Crippen LogP contribution in [-0.2, 0) is 5.41 Å². The number of fused-ring (bicyclic) bond motifs is 14. The van der Waals surface area contributed by atoms with E-state index in [9.17, 15) is 0 Å². The van der Waals surface area contributed by atoms with Crippen LogP contribution in [0, 0.1) is 0 Å². The fourth-order valence-corrected chi connectivity index (χ4v) is 10.8. The lowest BCUT2D eigenvalue weighted by Crippen LogP contribution is -2.26. The molecule has 2 heteroatoms. The third kappa shape index (κ3) is 4.85. The van der Waals surface area contributed by atoms with Crippen LogP contribution in [0.3, 0.4) is 0 Å². The standard InChI is InChI=1S/C59H38N2/c1-2-16-43(17-3-1)60(46-34-35-50-49-20-8-12-24-55(49)59(56(50)38-46)53-22-10-6-18-47(53)48-19-7-11-23-54(48)59)44-30-26-39(27-31-44)40-28-32-45(33-29-40)61-57-25-13-9-21-51(57)52-36-41-14-4-5-15-42(41)37-58(52)61/h1-38H. The first-order chi connectivity index (χ1) is 30.3. The fraction of sp³-hybridized carbons (Fsp3) is 0.0169. The van der Waals surface area contributed by atoms with E-state index in [-0.39, 0.29) is 0 Å². The van der Waals surface area contributed by atoms with Crippen LogP contribution in [0.25, 0.3) is 71.6 Å². The van der Waals surface area contributed by atoms with Gasteiger partial charge in [-0.05, 0) is 133 Å². The average molecular weight is 775 g/mol. The van der Waals surface area contributed by atoms with Crippen LogP contribution in [0.5, 0.6) is 0 Å². The van der Waals surface area contributed by atoms with E-state index in [1.54, 1.807) is 0 Å². The Morgan fingerprint density at radius 3 is 1.46 bits per heavy atom. The van der Waals surface area contributed by atoms with Crippen molar-refractivity contribution in [3.63, 3.8) is 0 Å².